The highest BCUT2D eigenvalue weighted by atomic mass is 79.9. The second-order valence-electron chi connectivity index (χ2n) is 3.32. The Hall–Kier alpha value is -0.870. The molecular formula is C11H14BrNO2. The minimum atomic E-state index is -0.248. The van der Waals surface area contributed by atoms with Gasteiger partial charge in [-0.25, -0.2) is 0 Å². The number of halogens is 1. The number of carbonyl (C=O) groups excluding carboxylic acids is 1. The Kier molecular flexibility index (Phi) is 4.78. The molecule has 0 aliphatic heterocycles. The molecule has 0 fully saturated rings. The van der Waals surface area contributed by atoms with E-state index in [1.165, 1.54) is 12.7 Å². The van der Waals surface area contributed by atoms with Gasteiger partial charge in [0, 0.05) is 11.0 Å². The van der Waals surface area contributed by atoms with Crippen LogP contribution in [0.15, 0.2) is 22.7 Å². The minimum absolute atomic E-state index is 0.238. The lowest BCUT2D eigenvalue weighted by atomic mass is 10.1. The summed E-state index contributed by atoms with van der Waals surface area (Å²) in [5, 5.41) is 3.01. The number of esters is 1. The third-order valence-corrected chi connectivity index (χ3v) is 2.39. The van der Waals surface area contributed by atoms with Crippen LogP contribution in [0, 0.1) is 6.92 Å². The van der Waals surface area contributed by atoms with E-state index in [2.05, 4.69) is 32.0 Å². The molecule has 1 rings (SSSR count). The largest absolute Gasteiger partial charge is 0.468 e. The van der Waals surface area contributed by atoms with Crippen LogP contribution in [0.4, 0.5) is 0 Å². The topological polar surface area (TPSA) is 38.3 Å². The van der Waals surface area contributed by atoms with E-state index in [-0.39, 0.29) is 12.5 Å². The molecule has 0 unspecified atom stereocenters. The molecule has 0 atom stereocenters. The fourth-order valence-electron chi connectivity index (χ4n) is 1.30. The van der Waals surface area contributed by atoms with Crippen LogP contribution in [0.1, 0.15) is 11.1 Å². The molecule has 82 valence electrons. The molecule has 0 saturated carbocycles. The van der Waals surface area contributed by atoms with Gasteiger partial charge in [-0.15, -0.1) is 0 Å². The predicted octanol–water partition coefficient (Wildman–Crippen LogP) is 2.02. The smallest absolute Gasteiger partial charge is 0.319 e. The number of nitrogens with one attached hydrogen (secondary N) is 1. The molecule has 0 spiro atoms. The third kappa shape index (κ3) is 4.44. The molecule has 0 heterocycles. The van der Waals surface area contributed by atoms with Gasteiger partial charge in [-0.1, -0.05) is 22.0 Å². The molecule has 0 aliphatic rings. The molecule has 1 N–H and O–H groups in total. The van der Waals surface area contributed by atoms with Crippen LogP contribution in [-0.2, 0) is 16.1 Å². The van der Waals surface area contributed by atoms with Crippen LogP contribution in [0.3, 0.4) is 0 Å². The first-order valence-electron chi connectivity index (χ1n) is 4.65. The Balaban J connectivity index is 2.47. The summed E-state index contributed by atoms with van der Waals surface area (Å²) in [6.45, 7) is 2.94. The van der Waals surface area contributed by atoms with Gasteiger partial charge >= 0.3 is 5.97 Å². The molecular weight excluding hydrogens is 258 g/mol. The zero-order valence-electron chi connectivity index (χ0n) is 8.84. The van der Waals surface area contributed by atoms with Crippen LogP contribution in [0.2, 0.25) is 0 Å². The van der Waals surface area contributed by atoms with E-state index in [0.29, 0.717) is 6.54 Å². The Bertz CT molecular complexity index is 332. The summed E-state index contributed by atoms with van der Waals surface area (Å²) in [4.78, 5) is 10.8. The average molecular weight is 272 g/mol. The maximum Gasteiger partial charge on any atom is 0.319 e. The molecule has 4 heteroatoms. The van der Waals surface area contributed by atoms with Gasteiger partial charge in [0.15, 0.2) is 0 Å². The fraction of sp³-hybridized carbons (Fsp3) is 0.364. The second-order valence-corrected chi connectivity index (χ2v) is 4.23. The molecule has 0 aliphatic carbocycles. The SMILES string of the molecule is COC(=O)CNCc1cc(C)cc(Br)c1. The van der Waals surface area contributed by atoms with Gasteiger partial charge in [0.2, 0.25) is 0 Å². The van der Waals surface area contributed by atoms with Gasteiger partial charge in [-0.05, 0) is 30.2 Å². The molecule has 0 bridgehead atoms. The van der Waals surface area contributed by atoms with Crippen LogP contribution in [0.25, 0.3) is 0 Å². The lowest BCUT2D eigenvalue weighted by molar-refractivity contribution is -0.139. The molecule has 0 amide bonds. The van der Waals surface area contributed by atoms with Gasteiger partial charge in [0.05, 0.1) is 13.7 Å². The first-order chi connectivity index (χ1) is 7.11. The summed E-state index contributed by atoms with van der Waals surface area (Å²) >= 11 is 3.43. The zero-order chi connectivity index (χ0) is 11.3. The quantitative estimate of drug-likeness (QED) is 0.852. The van der Waals surface area contributed by atoms with E-state index in [4.69, 9.17) is 0 Å². The molecule has 1 aromatic carbocycles. The second kappa shape index (κ2) is 5.88. The highest BCUT2D eigenvalue weighted by Crippen LogP contribution is 2.14. The molecule has 0 aromatic heterocycles. The Morgan fingerprint density at radius 1 is 1.47 bits per heavy atom. The van der Waals surface area contributed by atoms with E-state index in [1.54, 1.807) is 0 Å². The van der Waals surface area contributed by atoms with Crippen molar-refractivity contribution in [1.29, 1.82) is 0 Å². The van der Waals surface area contributed by atoms with Crippen molar-refractivity contribution < 1.29 is 9.53 Å². The number of rotatable bonds is 4. The van der Waals surface area contributed by atoms with Crippen LogP contribution in [-0.4, -0.2) is 19.6 Å². The van der Waals surface area contributed by atoms with Crippen LogP contribution >= 0.6 is 15.9 Å². The number of hydrogen-bond acceptors (Lipinski definition) is 3. The van der Waals surface area contributed by atoms with Gasteiger partial charge in [-0.2, -0.15) is 0 Å². The van der Waals surface area contributed by atoms with Crippen molar-refractivity contribution in [2.45, 2.75) is 13.5 Å². The van der Waals surface area contributed by atoms with E-state index in [1.807, 2.05) is 19.1 Å². The Morgan fingerprint density at radius 2 is 2.20 bits per heavy atom. The molecule has 1 aromatic rings. The predicted molar refractivity (Wildman–Crippen MR) is 62.6 cm³/mol. The lowest BCUT2D eigenvalue weighted by Gasteiger charge is -2.05. The maximum absolute atomic E-state index is 10.8. The van der Waals surface area contributed by atoms with Crippen molar-refractivity contribution >= 4 is 21.9 Å². The normalized spacial score (nSPS) is 10.1. The maximum atomic E-state index is 10.8. The summed E-state index contributed by atoms with van der Waals surface area (Å²) < 4.78 is 5.58. The fourth-order valence-corrected chi connectivity index (χ4v) is 1.95. The van der Waals surface area contributed by atoms with Crippen LogP contribution < -0.4 is 5.32 Å². The van der Waals surface area contributed by atoms with Crippen molar-refractivity contribution in [2.24, 2.45) is 0 Å². The highest BCUT2D eigenvalue weighted by molar-refractivity contribution is 9.10. The summed E-state index contributed by atoms with van der Waals surface area (Å²) in [7, 11) is 1.38. The van der Waals surface area contributed by atoms with E-state index in [0.717, 1.165) is 10.0 Å². The Morgan fingerprint density at radius 3 is 2.80 bits per heavy atom. The van der Waals surface area contributed by atoms with E-state index in [9.17, 15) is 4.79 Å². The molecule has 0 radical (unpaired) electrons. The van der Waals surface area contributed by atoms with E-state index >= 15 is 0 Å². The average Bonchev–Trinajstić information content (AvgIpc) is 2.16. The van der Waals surface area contributed by atoms with Gasteiger partial charge in [0.1, 0.15) is 0 Å². The van der Waals surface area contributed by atoms with Crippen LogP contribution in [0.5, 0.6) is 0 Å². The van der Waals surface area contributed by atoms with Crippen molar-refractivity contribution in [3.8, 4) is 0 Å². The Labute approximate surface area is 97.9 Å². The minimum Gasteiger partial charge on any atom is -0.468 e. The van der Waals surface area contributed by atoms with Crippen molar-refractivity contribution in [3.63, 3.8) is 0 Å². The number of carbonyl (C=O) groups is 1. The standard InChI is InChI=1S/C11H14BrNO2/c1-8-3-9(5-10(12)4-8)6-13-7-11(14)15-2/h3-5,13H,6-7H2,1-2H3. The summed E-state index contributed by atoms with van der Waals surface area (Å²) in [5.74, 6) is -0.248. The summed E-state index contributed by atoms with van der Waals surface area (Å²) in [6, 6.07) is 6.15. The van der Waals surface area contributed by atoms with E-state index < -0.39 is 0 Å². The first kappa shape index (κ1) is 12.2. The van der Waals surface area contributed by atoms with Gasteiger partial charge in [0.25, 0.3) is 0 Å². The lowest BCUT2D eigenvalue weighted by Crippen LogP contribution is -2.23. The molecule has 0 saturated heterocycles. The van der Waals surface area contributed by atoms with Crippen molar-refractivity contribution in [1.82, 2.24) is 5.32 Å². The van der Waals surface area contributed by atoms with Crippen molar-refractivity contribution in [3.05, 3.63) is 33.8 Å². The number of ether oxygens (including phenoxy) is 1. The molecule has 3 nitrogen and oxygen atoms in total. The molecule has 15 heavy (non-hydrogen) atoms. The summed E-state index contributed by atoms with van der Waals surface area (Å²) in [5.41, 5.74) is 2.34. The van der Waals surface area contributed by atoms with Gasteiger partial charge < -0.3 is 10.1 Å². The van der Waals surface area contributed by atoms with Gasteiger partial charge in [-0.3, -0.25) is 4.79 Å². The number of aryl methyl sites for hydroxylation is 1. The number of methoxy groups -OCH3 is 1. The number of benzene rings is 1. The zero-order valence-corrected chi connectivity index (χ0v) is 10.4. The highest BCUT2D eigenvalue weighted by Gasteiger charge is 2.00. The summed E-state index contributed by atoms with van der Waals surface area (Å²) in [6.07, 6.45) is 0. The monoisotopic (exact) mass is 271 g/mol. The third-order valence-electron chi connectivity index (χ3n) is 1.93. The number of hydrogen-bond donors (Lipinski definition) is 1. The first-order valence-corrected chi connectivity index (χ1v) is 5.44. The van der Waals surface area contributed by atoms with Crippen molar-refractivity contribution in [2.75, 3.05) is 13.7 Å².